The standard InChI is InChI=1S/C16H21F2N3O/c1-10-8-20(9-11(2)22-10)12(3)15-19-13-6-4-5-7-14(13)21(15)16(17)18/h4-7,10-12,16H,8-9H2,1-3H3/t10-,11+,12-/m1/s1. The van der Waals surface area contributed by atoms with E-state index < -0.39 is 6.55 Å². The molecule has 0 aliphatic carbocycles. The summed E-state index contributed by atoms with van der Waals surface area (Å²) in [5, 5.41) is 0. The lowest BCUT2D eigenvalue weighted by atomic mass is 10.1. The minimum Gasteiger partial charge on any atom is -0.373 e. The molecule has 22 heavy (non-hydrogen) atoms. The maximum absolute atomic E-state index is 13.6. The number of hydrogen-bond acceptors (Lipinski definition) is 3. The van der Waals surface area contributed by atoms with Crippen molar-refractivity contribution in [3.8, 4) is 0 Å². The van der Waals surface area contributed by atoms with Gasteiger partial charge in [0.25, 0.3) is 0 Å². The van der Waals surface area contributed by atoms with Crippen LogP contribution in [-0.2, 0) is 4.74 Å². The van der Waals surface area contributed by atoms with Crippen LogP contribution >= 0.6 is 0 Å². The molecule has 0 amide bonds. The Balaban J connectivity index is 1.99. The number of aromatic nitrogens is 2. The van der Waals surface area contributed by atoms with Crippen molar-refractivity contribution in [2.45, 2.75) is 45.6 Å². The van der Waals surface area contributed by atoms with Crippen LogP contribution in [0.15, 0.2) is 24.3 Å². The monoisotopic (exact) mass is 309 g/mol. The van der Waals surface area contributed by atoms with Crippen LogP contribution in [0.1, 0.15) is 39.2 Å². The third kappa shape index (κ3) is 2.73. The molecule has 2 heterocycles. The number of rotatable bonds is 3. The van der Waals surface area contributed by atoms with Gasteiger partial charge in [-0.2, -0.15) is 8.78 Å². The summed E-state index contributed by atoms with van der Waals surface area (Å²) in [5.74, 6) is 0.414. The molecule has 0 unspecified atom stereocenters. The van der Waals surface area contributed by atoms with Crippen LogP contribution in [0.5, 0.6) is 0 Å². The summed E-state index contributed by atoms with van der Waals surface area (Å²) in [5.41, 5.74) is 1.09. The molecular weight excluding hydrogens is 288 g/mol. The molecule has 1 aromatic heterocycles. The quantitative estimate of drug-likeness (QED) is 0.868. The smallest absolute Gasteiger partial charge is 0.320 e. The van der Waals surface area contributed by atoms with Gasteiger partial charge in [-0.1, -0.05) is 12.1 Å². The van der Waals surface area contributed by atoms with Gasteiger partial charge in [0.1, 0.15) is 5.82 Å². The van der Waals surface area contributed by atoms with Gasteiger partial charge in [-0.05, 0) is 32.9 Å². The summed E-state index contributed by atoms with van der Waals surface area (Å²) in [4.78, 5) is 6.63. The van der Waals surface area contributed by atoms with Crippen molar-refractivity contribution in [2.75, 3.05) is 13.1 Å². The Hall–Kier alpha value is -1.53. The van der Waals surface area contributed by atoms with Crippen molar-refractivity contribution in [3.05, 3.63) is 30.1 Å². The van der Waals surface area contributed by atoms with Crippen molar-refractivity contribution in [2.24, 2.45) is 0 Å². The van der Waals surface area contributed by atoms with E-state index in [1.165, 1.54) is 0 Å². The van der Waals surface area contributed by atoms with Crippen molar-refractivity contribution in [3.63, 3.8) is 0 Å². The van der Waals surface area contributed by atoms with Crippen LogP contribution in [0, 0.1) is 0 Å². The number of para-hydroxylation sites is 2. The summed E-state index contributed by atoms with van der Waals surface area (Å²) in [6.45, 7) is 4.79. The van der Waals surface area contributed by atoms with Gasteiger partial charge in [0.05, 0.1) is 29.3 Å². The summed E-state index contributed by atoms with van der Waals surface area (Å²) in [7, 11) is 0. The van der Waals surface area contributed by atoms with Crippen molar-refractivity contribution < 1.29 is 13.5 Å². The van der Waals surface area contributed by atoms with Gasteiger partial charge in [0.15, 0.2) is 0 Å². The van der Waals surface area contributed by atoms with E-state index in [-0.39, 0.29) is 18.2 Å². The highest BCUT2D eigenvalue weighted by Gasteiger charge is 2.30. The lowest BCUT2D eigenvalue weighted by molar-refractivity contribution is -0.0809. The molecule has 3 atom stereocenters. The number of hydrogen-bond donors (Lipinski definition) is 0. The third-order valence-corrected chi connectivity index (χ3v) is 4.19. The lowest BCUT2D eigenvalue weighted by Gasteiger charge is -2.38. The fourth-order valence-corrected chi connectivity index (χ4v) is 3.26. The average molecular weight is 309 g/mol. The molecule has 0 saturated carbocycles. The first-order chi connectivity index (χ1) is 10.5. The summed E-state index contributed by atoms with van der Waals surface area (Å²) < 4.78 is 33.9. The first kappa shape index (κ1) is 15.4. The number of halogens is 2. The molecule has 1 aliphatic heterocycles. The van der Waals surface area contributed by atoms with Crippen LogP contribution in [0.2, 0.25) is 0 Å². The summed E-state index contributed by atoms with van der Waals surface area (Å²) >= 11 is 0. The highest BCUT2D eigenvalue weighted by Crippen LogP contribution is 2.30. The van der Waals surface area contributed by atoms with Crippen LogP contribution in [0.3, 0.4) is 0 Å². The van der Waals surface area contributed by atoms with Crippen molar-refractivity contribution in [1.82, 2.24) is 14.5 Å². The zero-order valence-corrected chi connectivity index (χ0v) is 13.0. The molecule has 3 rings (SSSR count). The van der Waals surface area contributed by atoms with Gasteiger partial charge in [-0.15, -0.1) is 0 Å². The lowest BCUT2D eigenvalue weighted by Crippen LogP contribution is -2.46. The highest BCUT2D eigenvalue weighted by atomic mass is 19.3. The third-order valence-electron chi connectivity index (χ3n) is 4.19. The molecule has 0 radical (unpaired) electrons. The van der Waals surface area contributed by atoms with E-state index in [0.29, 0.717) is 16.9 Å². The summed E-state index contributed by atoms with van der Waals surface area (Å²) in [6.07, 6.45) is 0.186. The minimum atomic E-state index is -2.60. The minimum absolute atomic E-state index is 0.0931. The van der Waals surface area contributed by atoms with Crippen LogP contribution < -0.4 is 0 Å². The molecule has 1 aromatic carbocycles. The predicted molar refractivity (Wildman–Crippen MR) is 81.0 cm³/mol. The van der Waals surface area contributed by atoms with Crippen LogP contribution in [0.25, 0.3) is 11.0 Å². The van der Waals surface area contributed by atoms with Crippen molar-refractivity contribution in [1.29, 1.82) is 0 Å². The van der Waals surface area contributed by atoms with E-state index in [1.807, 2.05) is 26.8 Å². The largest absolute Gasteiger partial charge is 0.373 e. The second kappa shape index (κ2) is 5.93. The average Bonchev–Trinajstić information content (AvgIpc) is 2.84. The fourth-order valence-electron chi connectivity index (χ4n) is 3.26. The number of fused-ring (bicyclic) bond motifs is 1. The molecule has 0 spiro atoms. The van der Waals surface area contributed by atoms with Crippen LogP contribution in [0.4, 0.5) is 8.78 Å². The molecule has 4 nitrogen and oxygen atoms in total. The van der Waals surface area contributed by atoms with Gasteiger partial charge >= 0.3 is 6.55 Å². The second-order valence-corrected chi connectivity index (χ2v) is 5.99. The van der Waals surface area contributed by atoms with E-state index in [2.05, 4.69) is 9.88 Å². The normalized spacial score (nSPS) is 25.0. The van der Waals surface area contributed by atoms with Gasteiger partial charge in [0, 0.05) is 13.1 Å². The number of morpholine rings is 1. The zero-order valence-electron chi connectivity index (χ0n) is 13.0. The van der Waals surface area contributed by atoms with E-state index >= 15 is 0 Å². The van der Waals surface area contributed by atoms with E-state index in [1.54, 1.807) is 18.2 Å². The number of benzene rings is 1. The predicted octanol–water partition coefficient (Wildman–Crippen LogP) is 3.60. The summed E-state index contributed by atoms with van der Waals surface area (Å²) in [6, 6.07) is 6.86. The van der Waals surface area contributed by atoms with E-state index in [9.17, 15) is 8.78 Å². The Morgan fingerprint density at radius 3 is 2.45 bits per heavy atom. The Morgan fingerprint density at radius 2 is 1.82 bits per heavy atom. The molecule has 2 aromatic rings. The molecule has 1 fully saturated rings. The molecule has 1 saturated heterocycles. The second-order valence-electron chi connectivity index (χ2n) is 5.99. The molecule has 0 N–H and O–H groups in total. The SMILES string of the molecule is C[C@@H]1CN([C@H](C)c2nc3ccccc3n2C(F)F)C[C@H](C)O1. The highest BCUT2D eigenvalue weighted by molar-refractivity contribution is 5.76. The number of alkyl halides is 2. The van der Waals surface area contributed by atoms with Gasteiger partial charge < -0.3 is 4.74 Å². The molecule has 0 bridgehead atoms. The molecule has 120 valence electrons. The Labute approximate surface area is 128 Å². The molecular formula is C16H21F2N3O. The molecule has 1 aliphatic rings. The number of ether oxygens (including phenoxy) is 1. The van der Waals surface area contributed by atoms with Gasteiger partial charge in [0.2, 0.25) is 0 Å². The van der Waals surface area contributed by atoms with Crippen LogP contribution in [-0.4, -0.2) is 39.7 Å². The maximum Gasteiger partial charge on any atom is 0.320 e. The topological polar surface area (TPSA) is 30.3 Å². The Bertz CT molecular complexity index is 648. The Kier molecular flexibility index (Phi) is 4.14. The first-order valence-electron chi connectivity index (χ1n) is 7.62. The fraction of sp³-hybridized carbons (Fsp3) is 0.562. The van der Waals surface area contributed by atoms with Crippen molar-refractivity contribution >= 4 is 11.0 Å². The Morgan fingerprint density at radius 1 is 1.18 bits per heavy atom. The maximum atomic E-state index is 13.6. The number of nitrogens with zero attached hydrogens (tertiary/aromatic N) is 3. The number of imidazole rings is 1. The van der Waals surface area contributed by atoms with E-state index in [0.717, 1.165) is 17.7 Å². The van der Waals surface area contributed by atoms with Gasteiger partial charge in [-0.25, -0.2) is 4.98 Å². The van der Waals surface area contributed by atoms with Gasteiger partial charge in [-0.3, -0.25) is 9.47 Å². The van der Waals surface area contributed by atoms with E-state index in [4.69, 9.17) is 4.74 Å². The zero-order chi connectivity index (χ0) is 15.9. The first-order valence-corrected chi connectivity index (χ1v) is 7.62. The molecule has 6 heteroatoms.